The van der Waals surface area contributed by atoms with Crippen LogP contribution in [0.15, 0.2) is 12.2 Å². The van der Waals surface area contributed by atoms with Gasteiger partial charge < -0.3 is 0 Å². The van der Waals surface area contributed by atoms with Crippen LogP contribution in [0.3, 0.4) is 0 Å². The predicted octanol–water partition coefficient (Wildman–Crippen LogP) is 2.27. The van der Waals surface area contributed by atoms with E-state index in [1.54, 1.807) is 6.92 Å². The van der Waals surface area contributed by atoms with Crippen molar-refractivity contribution in [1.29, 1.82) is 0 Å². The lowest BCUT2D eigenvalue weighted by atomic mass is 9.71. The zero-order chi connectivity index (χ0) is 8.48. The summed E-state index contributed by atoms with van der Waals surface area (Å²) in [7, 11) is 0. The minimum absolute atomic E-state index is 0.350. The third-order valence-electron chi connectivity index (χ3n) is 2.15. The molecule has 62 valence electrons. The molecule has 0 saturated heterocycles. The number of alkyl halides is 1. The maximum absolute atomic E-state index is 12.9. The summed E-state index contributed by atoms with van der Waals surface area (Å²) in [5, 5.41) is 0. The lowest BCUT2D eigenvalue weighted by molar-refractivity contribution is -0.105. The first-order valence-corrected chi connectivity index (χ1v) is 3.85. The highest BCUT2D eigenvalue weighted by molar-refractivity contribution is 5.71. The van der Waals surface area contributed by atoms with Crippen LogP contribution in [0.4, 0.5) is 4.39 Å². The second-order valence-electron chi connectivity index (χ2n) is 3.67. The number of halogens is 1. The fourth-order valence-corrected chi connectivity index (χ4v) is 1.71. The zero-order valence-corrected chi connectivity index (χ0v) is 6.77. The molecular formula is C9H13FO. The molecule has 0 heterocycles. The molecule has 0 aromatic heterocycles. The van der Waals surface area contributed by atoms with Gasteiger partial charge in [-0.15, -0.1) is 0 Å². The fraction of sp³-hybridized carbons (Fsp3) is 0.667. The third kappa shape index (κ3) is 2.14. The van der Waals surface area contributed by atoms with Crippen LogP contribution >= 0.6 is 0 Å². The Morgan fingerprint density at radius 2 is 2.36 bits per heavy atom. The summed E-state index contributed by atoms with van der Waals surface area (Å²) in [6, 6.07) is 0. The van der Waals surface area contributed by atoms with Gasteiger partial charge in [-0.3, -0.25) is 4.79 Å². The van der Waals surface area contributed by atoms with E-state index in [9.17, 15) is 9.18 Å². The van der Waals surface area contributed by atoms with E-state index in [-0.39, 0.29) is 0 Å². The quantitative estimate of drug-likeness (QED) is 0.452. The Hall–Kier alpha value is -0.660. The van der Waals surface area contributed by atoms with Gasteiger partial charge in [0.05, 0.1) is 0 Å². The van der Waals surface area contributed by atoms with Crippen molar-refractivity contribution >= 4 is 6.29 Å². The SMILES string of the molecule is C=C(C=O)CC1CC(C)(F)C1. The van der Waals surface area contributed by atoms with Crippen molar-refractivity contribution in [2.75, 3.05) is 0 Å². The molecular weight excluding hydrogens is 143 g/mol. The van der Waals surface area contributed by atoms with Crippen LogP contribution in [0, 0.1) is 5.92 Å². The molecule has 0 spiro atoms. The third-order valence-corrected chi connectivity index (χ3v) is 2.15. The molecule has 1 nitrogen and oxygen atoms in total. The molecule has 1 aliphatic carbocycles. The van der Waals surface area contributed by atoms with E-state index in [0.717, 1.165) is 6.29 Å². The first-order chi connectivity index (χ1) is 5.03. The molecule has 0 aromatic carbocycles. The van der Waals surface area contributed by atoms with Crippen molar-refractivity contribution in [3.05, 3.63) is 12.2 Å². The molecule has 1 aliphatic rings. The summed E-state index contributed by atoms with van der Waals surface area (Å²) in [5.41, 5.74) is -0.390. The summed E-state index contributed by atoms with van der Waals surface area (Å²) in [5.74, 6) is 0.350. The second-order valence-corrected chi connectivity index (χ2v) is 3.67. The Bertz CT molecular complexity index is 176. The van der Waals surface area contributed by atoms with Crippen LogP contribution in [0.25, 0.3) is 0 Å². The summed E-state index contributed by atoms with van der Waals surface area (Å²) in [6.07, 6.45) is 2.59. The highest BCUT2D eigenvalue weighted by Gasteiger charge is 2.40. The Morgan fingerprint density at radius 1 is 1.82 bits per heavy atom. The molecule has 0 amide bonds. The average Bonchev–Trinajstić information content (AvgIpc) is 1.83. The number of carbonyl (C=O) groups is 1. The van der Waals surface area contributed by atoms with Gasteiger partial charge in [0.2, 0.25) is 0 Å². The van der Waals surface area contributed by atoms with Crippen LogP contribution in [0.5, 0.6) is 0 Å². The van der Waals surface area contributed by atoms with Crippen molar-refractivity contribution < 1.29 is 9.18 Å². The van der Waals surface area contributed by atoms with Crippen molar-refractivity contribution in [2.45, 2.75) is 31.9 Å². The number of hydrogen-bond acceptors (Lipinski definition) is 1. The summed E-state index contributed by atoms with van der Waals surface area (Å²) in [6.45, 7) is 5.16. The van der Waals surface area contributed by atoms with E-state index < -0.39 is 5.67 Å². The van der Waals surface area contributed by atoms with E-state index in [2.05, 4.69) is 6.58 Å². The van der Waals surface area contributed by atoms with Gasteiger partial charge in [-0.1, -0.05) is 6.58 Å². The maximum atomic E-state index is 12.9. The molecule has 0 N–H and O–H groups in total. The molecule has 11 heavy (non-hydrogen) atoms. The molecule has 0 bridgehead atoms. The standard InChI is InChI=1S/C9H13FO/c1-7(6-11)3-8-4-9(2,10)5-8/h6,8H,1,3-5H2,2H3. The second kappa shape index (κ2) is 2.76. The van der Waals surface area contributed by atoms with Crippen molar-refractivity contribution in [3.8, 4) is 0 Å². The van der Waals surface area contributed by atoms with Crippen LogP contribution < -0.4 is 0 Å². The number of carbonyl (C=O) groups excluding carboxylic acids is 1. The van der Waals surface area contributed by atoms with Crippen LogP contribution in [0.1, 0.15) is 26.2 Å². The molecule has 0 unspecified atom stereocenters. The van der Waals surface area contributed by atoms with E-state index in [1.165, 1.54) is 0 Å². The largest absolute Gasteiger partial charge is 0.298 e. The molecule has 1 saturated carbocycles. The molecule has 0 radical (unpaired) electrons. The Balaban J connectivity index is 2.24. The minimum Gasteiger partial charge on any atom is -0.298 e. The van der Waals surface area contributed by atoms with Gasteiger partial charge >= 0.3 is 0 Å². The van der Waals surface area contributed by atoms with E-state index in [0.29, 0.717) is 30.8 Å². The van der Waals surface area contributed by atoms with Crippen molar-refractivity contribution in [2.24, 2.45) is 5.92 Å². The van der Waals surface area contributed by atoms with Gasteiger partial charge in [-0.25, -0.2) is 4.39 Å². The maximum Gasteiger partial charge on any atom is 0.145 e. The fourth-order valence-electron chi connectivity index (χ4n) is 1.71. The summed E-state index contributed by atoms with van der Waals surface area (Å²) < 4.78 is 12.9. The van der Waals surface area contributed by atoms with Gasteiger partial charge in [-0.2, -0.15) is 0 Å². The van der Waals surface area contributed by atoms with Gasteiger partial charge in [0, 0.05) is 0 Å². The lowest BCUT2D eigenvalue weighted by Crippen LogP contribution is -2.36. The number of aldehydes is 1. The smallest absolute Gasteiger partial charge is 0.145 e. The van der Waals surface area contributed by atoms with Crippen molar-refractivity contribution in [3.63, 3.8) is 0 Å². The van der Waals surface area contributed by atoms with Gasteiger partial charge in [-0.05, 0) is 37.7 Å². The van der Waals surface area contributed by atoms with E-state index in [4.69, 9.17) is 0 Å². The summed E-state index contributed by atoms with van der Waals surface area (Å²) >= 11 is 0. The highest BCUT2D eigenvalue weighted by Crippen LogP contribution is 2.43. The predicted molar refractivity (Wildman–Crippen MR) is 42.1 cm³/mol. The Morgan fingerprint density at radius 3 is 2.73 bits per heavy atom. The van der Waals surface area contributed by atoms with Gasteiger partial charge in [0.15, 0.2) is 0 Å². The number of rotatable bonds is 3. The first kappa shape index (κ1) is 8.44. The lowest BCUT2D eigenvalue weighted by Gasteiger charge is -2.38. The van der Waals surface area contributed by atoms with E-state index in [1.807, 2.05) is 0 Å². The molecule has 0 atom stereocenters. The number of hydrogen-bond donors (Lipinski definition) is 0. The number of allylic oxidation sites excluding steroid dienone is 1. The normalized spacial score (nSPS) is 36.0. The van der Waals surface area contributed by atoms with E-state index >= 15 is 0 Å². The monoisotopic (exact) mass is 156 g/mol. The van der Waals surface area contributed by atoms with Gasteiger partial charge in [0.25, 0.3) is 0 Å². The molecule has 1 fully saturated rings. The average molecular weight is 156 g/mol. The van der Waals surface area contributed by atoms with Gasteiger partial charge in [0.1, 0.15) is 12.0 Å². The summed E-state index contributed by atoms with van der Waals surface area (Å²) in [4.78, 5) is 10.1. The first-order valence-electron chi connectivity index (χ1n) is 3.85. The Kier molecular flexibility index (Phi) is 2.12. The Labute approximate surface area is 66.3 Å². The molecule has 0 aliphatic heterocycles. The van der Waals surface area contributed by atoms with Crippen LogP contribution in [0.2, 0.25) is 0 Å². The minimum atomic E-state index is -0.978. The molecule has 0 aromatic rings. The van der Waals surface area contributed by atoms with Crippen molar-refractivity contribution in [1.82, 2.24) is 0 Å². The van der Waals surface area contributed by atoms with Crippen LogP contribution in [-0.2, 0) is 4.79 Å². The van der Waals surface area contributed by atoms with Crippen LogP contribution in [-0.4, -0.2) is 12.0 Å². The topological polar surface area (TPSA) is 17.1 Å². The molecule has 1 rings (SSSR count). The molecule has 2 heteroatoms. The highest BCUT2D eigenvalue weighted by atomic mass is 19.1. The zero-order valence-electron chi connectivity index (χ0n) is 6.77.